The van der Waals surface area contributed by atoms with Crippen molar-refractivity contribution in [2.45, 2.75) is 67.8 Å². The number of aliphatic carboxylic acids is 1. The topological polar surface area (TPSA) is 113 Å². The Kier molecular flexibility index (Phi) is 5.34. The lowest BCUT2D eigenvalue weighted by Gasteiger charge is -2.29. The molecule has 26 heavy (non-hydrogen) atoms. The van der Waals surface area contributed by atoms with Crippen molar-refractivity contribution >= 4 is 21.9 Å². The SMILES string of the molecule is O=C(NC1(C(=O)O)CCCCCC1)c1ccc(S(=O)(=O)NC2CC2)cc1. The van der Waals surface area contributed by atoms with Crippen LogP contribution in [0, 0.1) is 0 Å². The standard InChI is InChI=1S/C18H24N2O5S/c21-16(19-18(17(22)23)11-3-1-2-4-12-18)13-5-9-15(10-6-13)26(24,25)20-14-7-8-14/h5-6,9-10,14,20H,1-4,7-8,11-12H2,(H,19,21)(H,22,23). The summed E-state index contributed by atoms with van der Waals surface area (Å²) in [7, 11) is -3.57. The Labute approximate surface area is 153 Å². The average Bonchev–Trinajstić information content (AvgIpc) is 3.42. The maximum absolute atomic E-state index is 12.5. The first-order valence-electron chi connectivity index (χ1n) is 9.01. The number of carbonyl (C=O) groups is 2. The van der Waals surface area contributed by atoms with E-state index in [1.165, 1.54) is 24.3 Å². The van der Waals surface area contributed by atoms with Gasteiger partial charge in [-0.1, -0.05) is 25.7 Å². The highest BCUT2D eigenvalue weighted by molar-refractivity contribution is 7.89. The normalized spacial score (nSPS) is 20.2. The zero-order valence-electron chi connectivity index (χ0n) is 14.5. The summed E-state index contributed by atoms with van der Waals surface area (Å²) >= 11 is 0. The van der Waals surface area contributed by atoms with Crippen LogP contribution < -0.4 is 10.0 Å². The van der Waals surface area contributed by atoms with Crippen molar-refractivity contribution < 1.29 is 23.1 Å². The Morgan fingerprint density at radius 2 is 1.58 bits per heavy atom. The fourth-order valence-electron chi connectivity index (χ4n) is 3.29. The first-order valence-corrected chi connectivity index (χ1v) is 10.5. The van der Waals surface area contributed by atoms with Gasteiger partial charge in [-0.15, -0.1) is 0 Å². The lowest BCUT2D eigenvalue weighted by molar-refractivity contribution is -0.145. The number of benzene rings is 1. The van der Waals surface area contributed by atoms with E-state index in [2.05, 4.69) is 10.0 Å². The van der Waals surface area contributed by atoms with Crippen LogP contribution in [0.1, 0.15) is 61.7 Å². The van der Waals surface area contributed by atoms with E-state index in [-0.39, 0.29) is 16.5 Å². The molecule has 7 nitrogen and oxygen atoms in total. The molecule has 2 aliphatic rings. The van der Waals surface area contributed by atoms with E-state index in [4.69, 9.17) is 0 Å². The number of nitrogens with one attached hydrogen (secondary N) is 2. The van der Waals surface area contributed by atoms with Gasteiger partial charge >= 0.3 is 5.97 Å². The molecule has 0 bridgehead atoms. The number of hydrogen-bond acceptors (Lipinski definition) is 4. The van der Waals surface area contributed by atoms with Gasteiger partial charge in [0, 0.05) is 11.6 Å². The summed E-state index contributed by atoms with van der Waals surface area (Å²) in [5, 5.41) is 12.3. The van der Waals surface area contributed by atoms with Gasteiger partial charge in [0.25, 0.3) is 5.91 Å². The van der Waals surface area contributed by atoms with Gasteiger partial charge in [0.2, 0.25) is 10.0 Å². The summed E-state index contributed by atoms with van der Waals surface area (Å²) in [6.07, 6.45) is 5.95. The summed E-state index contributed by atoms with van der Waals surface area (Å²) in [4.78, 5) is 24.4. The molecule has 142 valence electrons. The van der Waals surface area contributed by atoms with Crippen molar-refractivity contribution in [1.82, 2.24) is 10.0 Å². The minimum absolute atomic E-state index is 0.00800. The maximum atomic E-state index is 12.5. The molecule has 2 fully saturated rings. The van der Waals surface area contributed by atoms with Crippen LogP contribution in [0.2, 0.25) is 0 Å². The van der Waals surface area contributed by atoms with Crippen LogP contribution in [-0.2, 0) is 14.8 Å². The van der Waals surface area contributed by atoms with Gasteiger partial charge < -0.3 is 10.4 Å². The van der Waals surface area contributed by atoms with Crippen LogP contribution in [0.3, 0.4) is 0 Å². The Balaban J connectivity index is 1.73. The number of carboxylic acids is 1. The summed E-state index contributed by atoms with van der Waals surface area (Å²) < 4.78 is 26.9. The predicted octanol–water partition coefficient (Wildman–Crippen LogP) is 2.03. The molecule has 0 atom stereocenters. The van der Waals surface area contributed by atoms with E-state index in [1.807, 2.05) is 0 Å². The summed E-state index contributed by atoms with van der Waals surface area (Å²) in [6, 6.07) is 5.60. The third kappa shape index (κ3) is 4.24. The number of hydrogen-bond donors (Lipinski definition) is 3. The van der Waals surface area contributed by atoms with Crippen LogP contribution in [0.4, 0.5) is 0 Å². The van der Waals surface area contributed by atoms with E-state index in [0.29, 0.717) is 12.8 Å². The van der Waals surface area contributed by atoms with E-state index >= 15 is 0 Å². The number of carboxylic acid groups (broad SMARTS) is 1. The van der Waals surface area contributed by atoms with E-state index in [1.54, 1.807) is 0 Å². The first-order chi connectivity index (χ1) is 12.3. The molecule has 0 radical (unpaired) electrons. The van der Waals surface area contributed by atoms with Crippen molar-refractivity contribution in [3.05, 3.63) is 29.8 Å². The van der Waals surface area contributed by atoms with Gasteiger partial charge in [0.15, 0.2) is 0 Å². The number of amides is 1. The number of sulfonamides is 1. The van der Waals surface area contributed by atoms with Crippen molar-refractivity contribution in [3.8, 4) is 0 Å². The Hall–Kier alpha value is -1.93. The van der Waals surface area contributed by atoms with Gasteiger partial charge in [-0.2, -0.15) is 0 Å². The zero-order chi connectivity index (χ0) is 18.8. The lowest BCUT2D eigenvalue weighted by Crippen LogP contribution is -2.54. The second-order valence-electron chi connectivity index (χ2n) is 7.18. The maximum Gasteiger partial charge on any atom is 0.329 e. The monoisotopic (exact) mass is 380 g/mol. The van der Waals surface area contributed by atoms with Gasteiger partial charge in [-0.3, -0.25) is 4.79 Å². The van der Waals surface area contributed by atoms with E-state index in [0.717, 1.165) is 38.5 Å². The third-order valence-corrected chi connectivity index (χ3v) is 6.58. The quantitative estimate of drug-likeness (QED) is 0.654. The molecule has 0 heterocycles. The van der Waals surface area contributed by atoms with Crippen LogP contribution in [0.15, 0.2) is 29.2 Å². The van der Waals surface area contributed by atoms with Crippen molar-refractivity contribution in [2.75, 3.05) is 0 Å². The molecule has 2 aliphatic carbocycles. The second kappa shape index (κ2) is 7.36. The average molecular weight is 380 g/mol. The molecule has 2 saturated carbocycles. The van der Waals surface area contributed by atoms with Crippen molar-refractivity contribution in [2.24, 2.45) is 0 Å². The van der Waals surface area contributed by atoms with Gasteiger partial charge in [-0.25, -0.2) is 17.9 Å². The minimum Gasteiger partial charge on any atom is -0.480 e. The zero-order valence-corrected chi connectivity index (χ0v) is 15.3. The Bertz CT molecular complexity index is 776. The Morgan fingerprint density at radius 1 is 1.00 bits per heavy atom. The highest BCUT2D eigenvalue weighted by atomic mass is 32.2. The largest absolute Gasteiger partial charge is 0.480 e. The van der Waals surface area contributed by atoms with Crippen molar-refractivity contribution in [1.29, 1.82) is 0 Å². The molecule has 0 unspecified atom stereocenters. The van der Waals surface area contributed by atoms with E-state index in [9.17, 15) is 23.1 Å². The third-order valence-electron chi connectivity index (χ3n) is 5.05. The van der Waals surface area contributed by atoms with Crippen LogP contribution in [0.5, 0.6) is 0 Å². The molecule has 1 aromatic carbocycles. The van der Waals surface area contributed by atoms with Gasteiger partial charge in [0.1, 0.15) is 5.54 Å². The van der Waals surface area contributed by atoms with E-state index < -0.39 is 27.4 Å². The summed E-state index contributed by atoms with van der Waals surface area (Å²) in [5.41, 5.74) is -0.994. The first kappa shape index (κ1) is 18.8. The molecule has 3 rings (SSSR count). The highest BCUT2D eigenvalue weighted by Crippen LogP contribution is 2.28. The molecule has 1 amide bonds. The van der Waals surface area contributed by atoms with Gasteiger partial charge in [-0.05, 0) is 49.9 Å². The van der Waals surface area contributed by atoms with Crippen LogP contribution >= 0.6 is 0 Å². The minimum atomic E-state index is -3.57. The smallest absolute Gasteiger partial charge is 0.329 e. The van der Waals surface area contributed by atoms with Crippen molar-refractivity contribution in [3.63, 3.8) is 0 Å². The lowest BCUT2D eigenvalue weighted by atomic mass is 9.90. The second-order valence-corrected chi connectivity index (χ2v) is 8.89. The molecule has 3 N–H and O–H groups in total. The molecule has 0 spiro atoms. The Morgan fingerprint density at radius 3 is 2.08 bits per heavy atom. The van der Waals surface area contributed by atoms with Crippen LogP contribution in [0.25, 0.3) is 0 Å². The summed E-state index contributed by atoms with van der Waals surface area (Å²) in [6.45, 7) is 0. The predicted molar refractivity (Wildman–Crippen MR) is 95.3 cm³/mol. The van der Waals surface area contributed by atoms with Gasteiger partial charge in [0.05, 0.1) is 4.90 Å². The molecule has 1 aromatic rings. The molecule has 0 aliphatic heterocycles. The molecule has 0 aromatic heterocycles. The fraction of sp³-hybridized carbons (Fsp3) is 0.556. The van der Waals surface area contributed by atoms with Crippen LogP contribution in [-0.4, -0.2) is 37.0 Å². The molecular weight excluding hydrogens is 356 g/mol. The summed E-state index contributed by atoms with van der Waals surface area (Å²) in [5.74, 6) is -1.51. The molecular formula is C18H24N2O5S. The number of rotatable bonds is 6. The number of carbonyl (C=O) groups excluding carboxylic acids is 1. The molecule has 0 saturated heterocycles. The molecule has 8 heteroatoms. The fourth-order valence-corrected chi connectivity index (χ4v) is 4.59. The highest BCUT2D eigenvalue weighted by Gasteiger charge is 2.40.